The van der Waals surface area contributed by atoms with E-state index in [-0.39, 0.29) is 11.7 Å². The lowest BCUT2D eigenvalue weighted by Gasteiger charge is -2.11. The summed E-state index contributed by atoms with van der Waals surface area (Å²) < 4.78 is 7.04. The Labute approximate surface area is 200 Å². The minimum absolute atomic E-state index is 0.152. The number of para-hydroxylation sites is 2. The third kappa shape index (κ3) is 4.60. The number of carbonyl (C=O) groups excluding carboxylic acids is 1. The van der Waals surface area contributed by atoms with Gasteiger partial charge in [0.15, 0.2) is 11.0 Å². The molecule has 0 radical (unpaired) electrons. The molecule has 0 saturated heterocycles. The van der Waals surface area contributed by atoms with Gasteiger partial charge in [-0.2, -0.15) is 4.98 Å². The van der Waals surface area contributed by atoms with Gasteiger partial charge in [0.05, 0.1) is 11.4 Å². The number of amides is 1. The zero-order chi connectivity index (χ0) is 23.3. The van der Waals surface area contributed by atoms with Crippen molar-refractivity contribution in [1.82, 2.24) is 24.9 Å². The number of nitrogens with zero attached hydrogens (tertiary/aromatic N) is 5. The number of anilines is 1. The maximum absolute atomic E-state index is 12.8. The van der Waals surface area contributed by atoms with Crippen LogP contribution >= 0.6 is 11.8 Å². The van der Waals surface area contributed by atoms with Gasteiger partial charge in [-0.3, -0.25) is 9.36 Å². The Kier molecular flexibility index (Phi) is 6.17. The topological polar surface area (TPSA) is 98.7 Å². The highest BCUT2D eigenvalue weighted by Gasteiger charge is 2.18. The van der Waals surface area contributed by atoms with Crippen molar-refractivity contribution in [2.24, 2.45) is 0 Å². The molecule has 1 N–H and O–H groups in total. The Morgan fingerprint density at radius 3 is 2.38 bits per heavy atom. The number of carbonyl (C=O) groups is 1. The van der Waals surface area contributed by atoms with Crippen LogP contribution in [0.5, 0.6) is 0 Å². The van der Waals surface area contributed by atoms with Crippen LogP contribution in [0.15, 0.2) is 94.6 Å². The zero-order valence-corrected chi connectivity index (χ0v) is 19.1. The predicted molar refractivity (Wildman–Crippen MR) is 131 cm³/mol. The lowest BCUT2D eigenvalue weighted by Crippen LogP contribution is -2.15. The van der Waals surface area contributed by atoms with E-state index in [1.165, 1.54) is 11.8 Å². The monoisotopic (exact) mass is 468 g/mol. The van der Waals surface area contributed by atoms with E-state index in [2.05, 4.69) is 25.7 Å². The number of rotatable bonds is 7. The summed E-state index contributed by atoms with van der Waals surface area (Å²) in [5.41, 5.74) is 3.17. The van der Waals surface area contributed by atoms with Gasteiger partial charge < -0.3 is 9.84 Å². The highest BCUT2D eigenvalue weighted by molar-refractivity contribution is 7.99. The fraction of sp³-hybridized carbons (Fsp3) is 0.0800. The summed E-state index contributed by atoms with van der Waals surface area (Å²) in [7, 11) is 0. The Morgan fingerprint density at radius 2 is 1.65 bits per heavy atom. The van der Waals surface area contributed by atoms with Crippen LogP contribution in [-0.4, -0.2) is 36.6 Å². The van der Waals surface area contributed by atoms with Crippen molar-refractivity contribution in [3.8, 4) is 28.5 Å². The molecule has 0 aliphatic rings. The third-order valence-electron chi connectivity index (χ3n) is 4.98. The standard InChI is InChI=1S/C25H20N6O2S/c1-17-26-23(30-33-17)20-14-8-9-15-21(20)27-22(32)16-34-25-29-28-24(18-10-4-2-5-11-18)31(25)19-12-6-3-7-13-19/h2-15H,16H2,1H3,(H,27,32). The molecule has 0 fully saturated rings. The van der Waals surface area contributed by atoms with Crippen molar-refractivity contribution in [2.45, 2.75) is 12.1 Å². The highest BCUT2D eigenvalue weighted by atomic mass is 32.2. The summed E-state index contributed by atoms with van der Waals surface area (Å²) in [5.74, 6) is 1.58. The molecule has 1 amide bonds. The summed E-state index contributed by atoms with van der Waals surface area (Å²) in [6, 6.07) is 27.1. The summed E-state index contributed by atoms with van der Waals surface area (Å²) in [5, 5.41) is 16.3. The quantitative estimate of drug-likeness (QED) is 0.335. The van der Waals surface area contributed by atoms with E-state index < -0.39 is 0 Å². The van der Waals surface area contributed by atoms with Crippen molar-refractivity contribution in [2.75, 3.05) is 11.1 Å². The van der Waals surface area contributed by atoms with Gasteiger partial charge in [0.25, 0.3) is 0 Å². The maximum atomic E-state index is 12.8. The van der Waals surface area contributed by atoms with Gasteiger partial charge in [-0.25, -0.2) is 0 Å². The second kappa shape index (κ2) is 9.72. The van der Waals surface area contributed by atoms with Gasteiger partial charge in [0, 0.05) is 23.7 Å². The smallest absolute Gasteiger partial charge is 0.234 e. The second-order valence-electron chi connectivity index (χ2n) is 7.36. The molecule has 8 nitrogen and oxygen atoms in total. The molecule has 0 bridgehead atoms. The van der Waals surface area contributed by atoms with E-state index in [1.807, 2.05) is 89.5 Å². The molecule has 0 aliphatic carbocycles. The highest BCUT2D eigenvalue weighted by Crippen LogP contribution is 2.29. The van der Waals surface area contributed by atoms with Crippen LogP contribution in [0.3, 0.4) is 0 Å². The maximum Gasteiger partial charge on any atom is 0.234 e. The molecule has 9 heteroatoms. The largest absolute Gasteiger partial charge is 0.339 e. The molecule has 0 unspecified atom stereocenters. The molecule has 0 atom stereocenters. The van der Waals surface area contributed by atoms with Crippen LogP contribution < -0.4 is 5.32 Å². The van der Waals surface area contributed by atoms with Gasteiger partial charge in [0.2, 0.25) is 17.6 Å². The van der Waals surface area contributed by atoms with Gasteiger partial charge in [-0.1, -0.05) is 77.6 Å². The summed E-state index contributed by atoms with van der Waals surface area (Å²) in [6.45, 7) is 1.72. The number of aromatic nitrogens is 5. The average Bonchev–Trinajstić information content (AvgIpc) is 3.50. The number of nitrogens with one attached hydrogen (secondary N) is 1. The fourth-order valence-corrected chi connectivity index (χ4v) is 4.21. The first-order valence-corrected chi connectivity index (χ1v) is 11.6. The first kappa shape index (κ1) is 21.6. The molecule has 5 aromatic rings. The summed E-state index contributed by atoms with van der Waals surface area (Å²) >= 11 is 1.32. The first-order valence-electron chi connectivity index (χ1n) is 10.6. The van der Waals surface area contributed by atoms with E-state index in [9.17, 15) is 4.79 Å². The van der Waals surface area contributed by atoms with Crippen molar-refractivity contribution < 1.29 is 9.32 Å². The molecule has 3 aromatic carbocycles. The lowest BCUT2D eigenvalue weighted by molar-refractivity contribution is -0.113. The number of thioether (sulfide) groups is 1. The van der Waals surface area contributed by atoms with E-state index in [4.69, 9.17) is 4.52 Å². The molecule has 5 rings (SSSR count). The molecule has 0 aliphatic heterocycles. The van der Waals surface area contributed by atoms with E-state index in [0.29, 0.717) is 33.9 Å². The second-order valence-corrected chi connectivity index (χ2v) is 8.31. The van der Waals surface area contributed by atoms with E-state index >= 15 is 0 Å². The molecular weight excluding hydrogens is 448 g/mol. The Balaban J connectivity index is 1.37. The molecule has 2 aromatic heterocycles. The molecule has 2 heterocycles. The number of benzene rings is 3. The summed E-state index contributed by atoms with van der Waals surface area (Å²) in [4.78, 5) is 17.1. The third-order valence-corrected chi connectivity index (χ3v) is 5.91. The number of aryl methyl sites for hydroxylation is 1. The van der Waals surface area contributed by atoms with Crippen LogP contribution in [0, 0.1) is 6.92 Å². The van der Waals surface area contributed by atoms with Gasteiger partial charge in [-0.05, 0) is 24.3 Å². The van der Waals surface area contributed by atoms with Crippen LogP contribution in [0.4, 0.5) is 5.69 Å². The lowest BCUT2D eigenvalue weighted by atomic mass is 10.1. The molecular formula is C25H20N6O2S. The van der Waals surface area contributed by atoms with Crippen LogP contribution in [-0.2, 0) is 4.79 Å². The minimum atomic E-state index is -0.179. The SMILES string of the molecule is Cc1nc(-c2ccccc2NC(=O)CSc2nnc(-c3ccccc3)n2-c2ccccc2)no1. The fourth-order valence-electron chi connectivity index (χ4n) is 3.46. The van der Waals surface area contributed by atoms with E-state index in [0.717, 1.165) is 11.3 Å². The van der Waals surface area contributed by atoms with Crippen LogP contribution in [0.1, 0.15) is 5.89 Å². The average molecular weight is 469 g/mol. The predicted octanol–water partition coefficient (Wildman–Crippen LogP) is 5.02. The Bertz CT molecular complexity index is 1420. The van der Waals surface area contributed by atoms with Crippen molar-refractivity contribution in [3.63, 3.8) is 0 Å². The molecule has 168 valence electrons. The van der Waals surface area contributed by atoms with Crippen molar-refractivity contribution in [1.29, 1.82) is 0 Å². The van der Waals surface area contributed by atoms with Crippen LogP contribution in [0.25, 0.3) is 28.5 Å². The van der Waals surface area contributed by atoms with Gasteiger partial charge >= 0.3 is 0 Å². The Morgan fingerprint density at radius 1 is 0.941 bits per heavy atom. The minimum Gasteiger partial charge on any atom is -0.339 e. The van der Waals surface area contributed by atoms with E-state index in [1.54, 1.807) is 6.92 Å². The normalized spacial score (nSPS) is 10.9. The number of hydrogen-bond donors (Lipinski definition) is 1. The van der Waals surface area contributed by atoms with Crippen LogP contribution in [0.2, 0.25) is 0 Å². The molecule has 34 heavy (non-hydrogen) atoms. The summed E-state index contributed by atoms with van der Waals surface area (Å²) in [6.07, 6.45) is 0. The van der Waals surface area contributed by atoms with Gasteiger partial charge in [0.1, 0.15) is 0 Å². The molecule has 0 saturated carbocycles. The van der Waals surface area contributed by atoms with Gasteiger partial charge in [-0.15, -0.1) is 10.2 Å². The first-order chi connectivity index (χ1) is 16.7. The Hall–Kier alpha value is -4.24. The van der Waals surface area contributed by atoms with Crippen molar-refractivity contribution >= 4 is 23.4 Å². The van der Waals surface area contributed by atoms with Crippen molar-refractivity contribution in [3.05, 3.63) is 90.8 Å². The zero-order valence-electron chi connectivity index (χ0n) is 18.3. The number of hydrogen-bond acceptors (Lipinski definition) is 7. The molecule has 0 spiro atoms.